The SMILES string of the molecule is Cc1cc(I)nc(CN)c1C(F)F. The standard InChI is InChI=1S/C8H9F2IN2/c1-4-2-6(11)13-5(3-12)7(4)8(9)10/h2,8H,3,12H2,1H3. The molecule has 0 unspecified atom stereocenters. The summed E-state index contributed by atoms with van der Waals surface area (Å²) < 4.78 is 25.7. The lowest BCUT2D eigenvalue weighted by Gasteiger charge is -2.09. The van der Waals surface area contributed by atoms with E-state index in [1.54, 1.807) is 13.0 Å². The molecule has 5 heteroatoms. The van der Waals surface area contributed by atoms with Gasteiger partial charge in [-0.25, -0.2) is 13.8 Å². The zero-order valence-corrected chi connectivity index (χ0v) is 9.18. The Hall–Kier alpha value is -0.300. The van der Waals surface area contributed by atoms with Gasteiger partial charge in [-0.05, 0) is 41.1 Å². The van der Waals surface area contributed by atoms with Gasteiger partial charge in [-0.2, -0.15) is 0 Å². The number of rotatable bonds is 2. The Balaban J connectivity index is 3.30. The lowest BCUT2D eigenvalue weighted by atomic mass is 10.1. The minimum absolute atomic E-state index is 0.0251. The van der Waals surface area contributed by atoms with E-state index in [4.69, 9.17) is 5.73 Å². The summed E-state index contributed by atoms with van der Waals surface area (Å²) in [5.41, 5.74) is 6.14. The van der Waals surface area contributed by atoms with Crippen LogP contribution in [0.15, 0.2) is 6.07 Å². The molecule has 0 aliphatic heterocycles. The molecule has 0 aliphatic rings. The number of nitrogens with two attached hydrogens (primary N) is 1. The van der Waals surface area contributed by atoms with E-state index in [9.17, 15) is 8.78 Å². The van der Waals surface area contributed by atoms with Crippen LogP contribution in [0.25, 0.3) is 0 Å². The van der Waals surface area contributed by atoms with Gasteiger partial charge in [0.25, 0.3) is 6.43 Å². The third kappa shape index (κ3) is 2.34. The highest BCUT2D eigenvalue weighted by atomic mass is 127. The zero-order valence-electron chi connectivity index (χ0n) is 7.02. The Morgan fingerprint density at radius 2 is 2.23 bits per heavy atom. The minimum Gasteiger partial charge on any atom is -0.325 e. The first kappa shape index (κ1) is 10.8. The third-order valence-electron chi connectivity index (χ3n) is 1.72. The molecule has 2 N–H and O–H groups in total. The number of hydrogen-bond donors (Lipinski definition) is 1. The predicted octanol–water partition coefficient (Wildman–Crippen LogP) is 2.39. The van der Waals surface area contributed by atoms with Crippen LogP contribution in [0.5, 0.6) is 0 Å². The molecular weight excluding hydrogens is 289 g/mol. The first-order valence-corrected chi connectivity index (χ1v) is 4.78. The van der Waals surface area contributed by atoms with E-state index in [-0.39, 0.29) is 12.1 Å². The lowest BCUT2D eigenvalue weighted by Crippen LogP contribution is -2.08. The fraction of sp³-hybridized carbons (Fsp3) is 0.375. The Bertz CT molecular complexity index is 315. The molecule has 0 bridgehead atoms. The normalized spacial score (nSPS) is 10.9. The van der Waals surface area contributed by atoms with E-state index < -0.39 is 6.43 Å². The van der Waals surface area contributed by atoms with Gasteiger partial charge in [-0.1, -0.05) is 0 Å². The number of aryl methyl sites for hydroxylation is 1. The Labute approximate surface area is 88.7 Å². The third-order valence-corrected chi connectivity index (χ3v) is 2.28. The van der Waals surface area contributed by atoms with Crippen molar-refractivity contribution in [1.29, 1.82) is 0 Å². The molecule has 2 nitrogen and oxygen atoms in total. The van der Waals surface area contributed by atoms with Crippen molar-refractivity contribution in [1.82, 2.24) is 4.98 Å². The summed E-state index contributed by atoms with van der Waals surface area (Å²) >= 11 is 1.98. The maximum atomic E-state index is 12.5. The van der Waals surface area contributed by atoms with Crippen LogP contribution in [0, 0.1) is 10.6 Å². The summed E-state index contributed by atoms with van der Waals surface area (Å²) in [5, 5.41) is 0. The van der Waals surface area contributed by atoms with Crippen molar-refractivity contribution in [3.8, 4) is 0 Å². The minimum atomic E-state index is -2.50. The van der Waals surface area contributed by atoms with Gasteiger partial charge in [0.05, 0.1) is 5.69 Å². The molecule has 1 rings (SSSR count). The molecule has 0 aliphatic carbocycles. The number of hydrogen-bond acceptors (Lipinski definition) is 2. The van der Waals surface area contributed by atoms with Crippen LogP contribution >= 0.6 is 22.6 Å². The molecule has 0 fully saturated rings. The fourth-order valence-corrected chi connectivity index (χ4v) is 1.92. The van der Waals surface area contributed by atoms with Crippen LogP contribution in [0.2, 0.25) is 0 Å². The first-order chi connectivity index (χ1) is 6.06. The summed E-state index contributed by atoms with van der Waals surface area (Å²) in [6.45, 7) is 1.70. The van der Waals surface area contributed by atoms with E-state index in [1.165, 1.54) is 0 Å². The van der Waals surface area contributed by atoms with Crippen LogP contribution in [0.1, 0.15) is 23.2 Å². The maximum Gasteiger partial charge on any atom is 0.265 e. The highest BCUT2D eigenvalue weighted by molar-refractivity contribution is 14.1. The summed E-state index contributed by atoms with van der Waals surface area (Å²) in [5.74, 6) is 0. The summed E-state index contributed by atoms with van der Waals surface area (Å²) in [6, 6.07) is 1.63. The van der Waals surface area contributed by atoms with Gasteiger partial charge in [0, 0.05) is 12.1 Å². The number of nitrogens with zero attached hydrogens (tertiary/aromatic N) is 1. The van der Waals surface area contributed by atoms with Gasteiger partial charge >= 0.3 is 0 Å². The largest absolute Gasteiger partial charge is 0.325 e. The van der Waals surface area contributed by atoms with Crippen LogP contribution in [-0.4, -0.2) is 4.98 Å². The van der Waals surface area contributed by atoms with Crippen LogP contribution in [-0.2, 0) is 6.54 Å². The van der Waals surface area contributed by atoms with Crippen molar-refractivity contribution in [3.05, 3.63) is 26.6 Å². The molecule has 0 aromatic carbocycles. The van der Waals surface area contributed by atoms with Crippen molar-refractivity contribution < 1.29 is 8.78 Å². The van der Waals surface area contributed by atoms with Gasteiger partial charge in [0.2, 0.25) is 0 Å². The molecule has 0 spiro atoms. The highest BCUT2D eigenvalue weighted by Crippen LogP contribution is 2.26. The number of alkyl halides is 2. The molecule has 0 saturated heterocycles. The topological polar surface area (TPSA) is 38.9 Å². The predicted molar refractivity (Wildman–Crippen MR) is 54.5 cm³/mol. The molecule has 0 amide bonds. The second kappa shape index (κ2) is 4.28. The quantitative estimate of drug-likeness (QED) is 0.672. The molecule has 72 valence electrons. The van der Waals surface area contributed by atoms with Crippen molar-refractivity contribution >= 4 is 22.6 Å². The monoisotopic (exact) mass is 298 g/mol. The summed E-state index contributed by atoms with van der Waals surface area (Å²) in [7, 11) is 0. The molecule has 1 heterocycles. The van der Waals surface area contributed by atoms with Gasteiger partial charge in [-0.3, -0.25) is 0 Å². The Kier molecular flexibility index (Phi) is 3.55. The van der Waals surface area contributed by atoms with E-state index in [1.807, 2.05) is 22.6 Å². The van der Waals surface area contributed by atoms with E-state index >= 15 is 0 Å². The van der Waals surface area contributed by atoms with Crippen molar-refractivity contribution in [3.63, 3.8) is 0 Å². The van der Waals surface area contributed by atoms with E-state index in [0.29, 0.717) is 15.0 Å². The average Bonchev–Trinajstić information content (AvgIpc) is 2.01. The second-order valence-corrected chi connectivity index (χ2v) is 3.73. The van der Waals surface area contributed by atoms with Gasteiger partial charge in [-0.15, -0.1) is 0 Å². The van der Waals surface area contributed by atoms with Crippen LogP contribution < -0.4 is 5.73 Å². The lowest BCUT2D eigenvalue weighted by molar-refractivity contribution is 0.149. The van der Waals surface area contributed by atoms with Crippen molar-refractivity contribution in [2.75, 3.05) is 0 Å². The van der Waals surface area contributed by atoms with Crippen molar-refractivity contribution in [2.24, 2.45) is 5.73 Å². The van der Waals surface area contributed by atoms with E-state index in [0.717, 1.165) is 0 Å². The number of pyridine rings is 1. The van der Waals surface area contributed by atoms with Crippen molar-refractivity contribution in [2.45, 2.75) is 19.9 Å². The van der Waals surface area contributed by atoms with Gasteiger partial charge < -0.3 is 5.73 Å². The van der Waals surface area contributed by atoms with Gasteiger partial charge in [0.15, 0.2) is 0 Å². The number of aromatic nitrogens is 1. The van der Waals surface area contributed by atoms with E-state index in [2.05, 4.69) is 4.98 Å². The van der Waals surface area contributed by atoms with Crippen LogP contribution in [0.3, 0.4) is 0 Å². The fourth-order valence-electron chi connectivity index (χ4n) is 1.16. The molecule has 1 aromatic rings. The summed E-state index contributed by atoms with van der Waals surface area (Å²) in [4.78, 5) is 3.96. The molecular formula is C8H9F2IN2. The highest BCUT2D eigenvalue weighted by Gasteiger charge is 2.16. The molecule has 1 aromatic heterocycles. The van der Waals surface area contributed by atoms with Gasteiger partial charge in [0.1, 0.15) is 3.70 Å². The number of halogens is 3. The zero-order chi connectivity index (χ0) is 10.0. The Morgan fingerprint density at radius 3 is 2.69 bits per heavy atom. The average molecular weight is 298 g/mol. The smallest absolute Gasteiger partial charge is 0.265 e. The first-order valence-electron chi connectivity index (χ1n) is 3.70. The molecule has 0 atom stereocenters. The Morgan fingerprint density at radius 1 is 1.62 bits per heavy atom. The summed E-state index contributed by atoms with van der Waals surface area (Å²) in [6.07, 6.45) is -2.50. The second-order valence-electron chi connectivity index (χ2n) is 2.63. The molecule has 0 saturated carbocycles. The molecule has 13 heavy (non-hydrogen) atoms. The maximum absolute atomic E-state index is 12.5. The van der Waals surface area contributed by atoms with Crippen LogP contribution in [0.4, 0.5) is 8.78 Å². The molecule has 0 radical (unpaired) electrons.